The molecule has 1 rings (SSSR count). The molecule has 16 heavy (non-hydrogen) atoms. The Labute approximate surface area is 102 Å². The first kappa shape index (κ1) is 13.3. The van der Waals surface area contributed by atoms with Crippen molar-refractivity contribution in [2.75, 3.05) is 5.88 Å². The monoisotopic (exact) mass is 316 g/mol. The smallest absolute Gasteiger partial charge is 0.405 e. The second-order valence-electron chi connectivity index (χ2n) is 2.75. The minimum Gasteiger partial charge on any atom is -0.405 e. The van der Waals surface area contributed by atoms with Crippen molar-refractivity contribution < 1.29 is 22.7 Å². The molecule has 0 heterocycles. The molecule has 0 aliphatic carbocycles. The van der Waals surface area contributed by atoms with Crippen molar-refractivity contribution in [1.29, 1.82) is 0 Å². The molecule has 0 aromatic heterocycles. The van der Waals surface area contributed by atoms with Crippen molar-refractivity contribution in [2.45, 2.75) is 6.36 Å². The summed E-state index contributed by atoms with van der Waals surface area (Å²) in [7, 11) is 0. The van der Waals surface area contributed by atoms with Crippen molar-refractivity contribution in [3.05, 3.63) is 28.2 Å². The van der Waals surface area contributed by atoms with E-state index in [0.717, 1.165) is 6.07 Å². The van der Waals surface area contributed by atoms with Gasteiger partial charge in [0.25, 0.3) is 0 Å². The average Bonchev–Trinajstić information content (AvgIpc) is 2.18. The number of carbonyl (C=O) groups is 1. The van der Waals surface area contributed by atoms with Crippen molar-refractivity contribution >= 4 is 33.3 Å². The Morgan fingerprint density at radius 1 is 1.44 bits per heavy atom. The topological polar surface area (TPSA) is 26.3 Å². The fourth-order valence-corrected chi connectivity index (χ4v) is 1.44. The highest BCUT2D eigenvalue weighted by Gasteiger charge is 2.32. The first-order valence-corrected chi connectivity index (χ1v) is 5.30. The van der Waals surface area contributed by atoms with Crippen molar-refractivity contribution in [3.8, 4) is 5.75 Å². The molecular formula is C9H5BrClF3O2. The number of Topliss-reactive ketones (excluding diaryl/α,β-unsaturated/α-hetero) is 1. The summed E-state index contributed by atoms with van der Waals surface area (Å²) in [5, 5.41) is 0. The van der Waals surface area contributed by atoms with Gasteiger partial charge in [0, 0.05) is 5.56 Å². The maximum Gasteiger partial charge on any atom is 0.573 e. The van der Waals surface area contributed by atoms with E-state index >= 15 is 0 Å². The van der Waals surface area contributed by atoms with Gasteiger partial charge in [0.05, 0.1) is 10.4 Å². The Balaban J connectivity index is 3.04. The Kier molecular flexibility index (Phi) is 4.21. The third-order valence-electron chi connectivity index (χ3n) is 1.60. The molecule has 0 amide bonds. The van der Waals surface area contributed by atoms with Gasteiger partial charge in [-0.15, -0.1) is 24.8 Å². The number of rotatable bonds is 3. The molecule has 1 aromatic carbocycles. The Hall–Kier alpha value is -0.750. The SMILES string of the molecule is O=C(CCl)c1ccc(Br)c(OC(F)(F)F)c1. The van der Waals surface area contributed by atoms with Crippen molar-refractivity contribution in [1.82, 2.24) is 0 Å². The van der Waals surface area contributed by atoms with Crippen LogP contribution in [0.2, 0.25) is 0 Å². The fraction of sp³-hybridized carbons (Fsp3) is 0.222. The minimum absolute atomic E-state index is 0.0671. The molecule has 0 bridgehead atoms. The van der Waals surface area contributed by atoms with Gasteiger partial charge in [-0.05, 0) is 34.1 Å². The predicted molar refractivity (Wildman–Crippen MR) is 55.9 cm³/mol. The maximum absolute atomic E-state index is 12.0. The lowest BCUT2D eigenvalue weighted by Gasteiger charge is -2.11. The van der Waals surface area contributed by atoms with Crippen LogP contribution in [0.25, 0.3) is 0 Å². The molecule has 88 valence electrons. The fourth-order valence-electron chi connectivity index (χ4n) is 0.957. The van der Waals surface area contributed by atoms with E-state index in [-0.39, 0.29) is 15.9 Å². The predicted octanol–water partition coefficient (Wildman–Crippen LogP) is 3.77. The van der Waals surface area contributed by atoms with Crippen LogP contribution in [-0.2, 0) is 0 Å². The molecule has 0 N–H and O–H groups in total. The number of hydrogen-bond donors (Lipinski definition) is 0. The van der Waals surface area contributed by atoms with Gasteiger partial charge < -0.3 is 4.74 Å². The van der Waals surface area contributed by atoms with Gasteiger partial charge in [-0.3, -0.25) is 4.79 Å². The van der Waals surface area contributed by atoms with Crippen molar-refractivity contribution in [3.63, 3.8) is 0 Å². The molecule has 7 heteroatoms. The first-order chi connectivity index (χ1) is 7.33. The van der Waals surface area contributed by atoms with E-state index < -0.39 is 17.9 Å². The Morgan fingerprint density at radius 2 is 2.06 bits per heavy atom. The molecule has 1 aromatic rings. The lowest BCUT2D eigenvalue weighted by Crippen LogP contribution is -2.17. The zero-order valence-corrected chi connectivity index (χ0v) is 9.99. The van der Waals surface area contributed by atoms with Crippen LogP contribution >= 0.6 is 27.5 Å². The number of benzene rings is 1. The van der Waals surface area contributed by atoms with Crippen molar-refractivity contribution in [2.24, 2.45) is 0 Å². The van der Waals surface area contributed by atoms with E-state index in [1.165, 1.54) is 12.1 Å². The summed E-state index contributed by atoms with van der Waals surface area (Å²) in [6.45, 7) is 0. The molecular weight excluding hydrogens is 312 g/mol. The second kappa shape index (κ2) is 5.05. The van der Waals surface area contributed by atoms with E-state index in [9.17, 15) is 18.0 Å². The maximum atomic E-state index is 12.0. The second-order valence-corrected chi connectivity index (χ2v) is 3.87. The van der Waals surface area contributed by atoms with Crippen LogP contribution in [0.4, 0.5) is 13.2 Å². The number of hydrogen-bond acceptors (Lipinski definition) is 2. The summed E-state index contributed by atoms with van der Waals surface area (Å²) in [6, 6.07) is 3.64. The largest absolute Gasteiger partial charge is 0.573 e. The Morgan fingerprint density at radius 3 is 2.56 bits per heavy atom. The molecule has 0 radical (unpaired) electrons. The summed E-state index contributed by atoms with van der Waals surface area (Å²) in [6.07, 6.45) is -4.80. The van der Waals surface area contributed by atoms with Gasteiger partial charge in [-0.2, -0.15) is 0 Å². The lowest BCUT2D eigenvalue weighted by atomic mass is 10.1. The van der Waals surface area contributed by atoms with Gasteiger partial charge in [-0.25, -0.2) is 0 Å². The van der Waals surface area contributed by atoms with Crippen LogP contribution in [0.3, 0.4) is 0 Å². The zero-order valence-electron chi connectivity index (χ0n) is 7.65. The number of ether oxygens (including phenoxy) is 1. The van der Waals surface area contributed by atoms with E-state index in [1.54, 1.807) is 0 Å². The molecule has 2 nitrogen and oxygen atoms in total. The Bertz CT molecular complexity index is 406. The van der Waals surface area contributed by atoms with Crippen LogP contribution < -0.4 is 4.74 Å². The van der Waals surface area contributed by atoms with Crippen LogP contribution in [0.15, 0.2) is 22.7 Å². The normalized spacial score (nSPS) is 11.3. The van der Waals surface area contributed by atoms with Gasteiger partial charge in [-0.1, -0.05) is 0 Å². The molecule has 0 aliphatic rings. The van der Waals surface area contributed by atoms with Gasteiger partial charge in [0.1, 0.15) is 5.75 Å². The number of alkyl halides is 4. The number of carbonyl (C=O) groups excluding carboxylic acids is 1. The van der Waals surface area contributed by atoms with Crippen LogP contribution in [0, 0.1) is 0 Å². The molecule has 0 aliphatic heterocycles. The molecule has 0 atom stereocenters. The lowest BCUT2D eigenvalue weighted by molar-refractivity contribution is -0.274. The minimum atomic E-state index is -4.80. The quantitative estimate of drug-likeness (QED) is 0.626. The standard InChI is InChI=1S/C9H5BrClF3O2/c10-6-2-1-5(7(15)4-11)3-8(6)16-9(12,13)14/h1-3H,4H2. The molecule has 0 fully saturated rings. The third-order valence-corrected chi connectivity index (χ3v) is 2.50. The van der Waals surface area contributed by atoms with Gasteiger partial charge >= 0.3 is 6.36 Å². The zero-order chi connectivity index (χ0) is 12.3. The van der Waals surface area contributed by atoms with Crippen LogP contribution in [0.5, 0.6) is 5.75 Å². The van der Waals surface area contributed by atoms with Crippen LogP contribution in [0.1, 0.15) is 10.4 Å². The average molecular weight is 317 g/mol. The highest BCUT2D eigenvalue weighted by molar-refractivity contribution is 9.10. The van der Waals surface area contributed by atoms with Crippen LogP contribution in [-0.4, -0.2) is 18.0 Å². The van der Waals surface area contributed by atoms with E-state index in [1.807, 2.05) is 0 Å². The number of ketones is 1. The number of halogens is 5. The molecule has 0 saturated heterocycles. The van der Waals surface area contributed by atoms with E-state index in [4.69, 9.17) is 11.6 Å². The highest BCUT2D eigenvalue weighted by atomic mass is 79.9. The molecule has 0 spiro atoms. The molecule has 0 saturated carbocycles. The van der Waals surface area contributed by atoms with E-state index in [2.05, 4.69) is 20.7 Å². The third kappa shape index (κ3) is 3.68. The first-order valence-electron chi connectivity index (χ1n) is 3.98. The summed E-state index contributed by atoms with van der Waals surface area (Å²) < 4.78 is 39.8. The van der Waals surface area contributed by atoms with Gasteiger partial charge in [0.2, 0.25) is 0 Å². The summed E-state index contributed by atoms with van der Waals surface area (Å²) in [5.41, 5.74) is 0.0671. The van der Waals surface area contributed by atoms with Gasteiger partial charge in [0.15, 0.2) is 5.78 Å². The summed E-state index contributed by atoms with van der Waals surface area (Å²) in [5.74, 6) is -1.24. The van der Waals surface area contributed by atoms with E-state index in [0.29, 0.717) is 0 Å². The molecule has 0 unspecified atom stereocenters. The summed E-state index contributed by atoms with van der Waals surface area (Å²) in [4.78, 5) is 11.2. The highest BCUT2D eigenvalue weighted by Crippen LogP contribution is 2.31. The summed E-state index contributed by atoms with van der Waals surface area (Å²) >= 11 is 8.17.